The summed E-state index contributed by atoms with van der Waals surface area (Å²) in [7, 11) is 1.91. The molecule has 0 aliphatic heterocycles. The Morgan fingerprint density at radius 1 is 1.13 bits per heavy atom. The second kappa shape index (κ2) is 9.33. The van der Waals surface area contributed by atoms with Crippen LogP contribution < -0.4 is 21.7 Å². The number of hydrogen-bond donors (Lipinski definition) is 3. The molecular weight excluding hydrogens is 396 g/mol. The maximum Gasteiger partial charge on any atom is 0.251 e. The lowest BCUT2D eigenvalue weighted by Crippen LogP contribution is -2.32. The molecule has 0 spiro atoms. The molecular formula is C21H26N8O2. The van der Waals surface area contributed by atoms with Crippen LogP contribution in [0.1, 0.15) is 42.7 Å². The van der Waals surface area contributed by atoms with Gasteiger partial charge in [-0.25, -0.2) is 9.97 Å². The number of nitrogens with zero attached hydrogens (tertiary/aromatic N) is 5. The number of hydrogen-bond acceptors (Lipinski definition) is 9. The Hall–Kier alpha value is -3.82. The van der Waals surface area contributed by atoms with Crippen molar-refractivity contribution in [3.05, 3.63) is 41.7 Å². The second-order valence-corrected chi connectivity index (χ2v) is 7.52. The summed E-state index contributed by atoms with van der Waals surface area (Å²) in [6.07, 6.45) is 2.69. The van der Waals surface area contributed by atoms with E-state index in [4.69, 9.17) is 11.5 Å². The van der Waals surface area contributed by atoms with Gasteiger partial charge < -0.3 is 26.5 Å². The number of benzene rings is 1. The van der Waals surface area contributed by atoms with Crippen LogP contribution in [0.5, 0.6) is 0 Å². The summed E-state index contributed by atoms with van der Waals surface area (Å²) >= 11 is 0. The van der Waals surface area contributed by atoms with Crippen molar-refractivity contribution >= 4 is 40.3 Å². The zero-order valence-electron chi connectivity index (χ0n) is 17.8. The predicted molar refractivity (Wildman–Crippen MR) is 119 cm³/mol. The molecule has 10 heteroatoms. The van der Waals surface area contributed by atoms with Gasteiger partial charge >= 0.3 is 0 Å². The molecule has 31 heavy (non-hydrogen) atoms. The smallest absolute Gasteiger partial charge is 0.251 e. The fourth-order valence-electron chi connectivity index (χ4n) is 3.06. The van der Waals surface area contributed by atoms with Gasteiger partial charge in [-0.3, -0.25) is 4.79 Å². The zero-order chi connectivity index (χ0) is 22.5. The average Bonchev–Trinajstić information content (AvgIpc) is 2.72. The first kappa shape index (κ1) is 21.9. The van der Waals surface area contributed by atoms with Crippen LogP contribution in [0.25, 0.3) is 11.2 Å². The number of carbonyl (C=O) groups excluding carboxylic acids is 2. The Morgan fingerprint density at radius 2 is 1.84 bits per heavy atom. The summed E-state index contributed by atoms with van der Waals surface area (Å²) in [6, 6.07) is 7.18. The Morgan fingerprint density at radius 3 is 2.52 bits per heavy atom. The number of ketones is 1. The monoisotopic (exact) mass is 422 g/mol. The van der Waals surface area contributed by atoms with E-state index in [1.165, 1.54) is 0 Å². The molecule has 1 atom stereocenters. The van der Waals surface area contributed by atoms with Crippen LogP contribution in [0.3, 0.4) is 0 Å². The van der Waals surface area contributed by atoms with Gasteiger partial charge in [-0.1, -0.05) is 0 Å². The number of nitrogen functional groups attached to an aromatic ring is 2. The molecule has 0 saturated carbocycles. The molecule has 1 aromatic carbocycles. The van der Waals surface area contributed by atoms with Crippen LogP contribution >= 0.6 is 0 Å². The van der Waals surface area contributed by atoms with Crippen molar-refractivity contribution in [3.8, 4) is 0 Å². The number of fused-ring (bicyclic) bond motifs is 1. The van der Waals surface area contributed by atoms with Crippen molar-refractivity contribution in [2.45, 2.75) is 39.3 Å². The number of anilines is 3. The van der Waals surface area contributed by atoms with E-state index >= 15 is 0 Å². The van der Waals surface area contributed by atoms with Crippen LogP contribution in [0, 0.1) is 0 Å². The Bertz CT molecular complexity index is 1100. The molecule has 10 nitrogen and oxygen atoms in total. The second-order valence-electron chi connectivity index (χ2n) is 7.52. The summed E-state index contributed by atoms with van der Waals surface area (Å²) in [5.41, 5.74) is 14.4. The number of nitrogens with one attached hydrogen (secondary N) is 1. The third-order valence-electron chi connectivity index (χ3n) is 4.78. The van der Waals surface area contributed by atoms with Crippen LogP contribution in [0.2, 0.25) is 0 Å². The molecule has 2 heterocycles. The number of aromatic nitrogens is 4. The lowest BCUT2D eigenvalue weighted by Gasteiger charge is -2.19. The first-order valence-corrected chi connectivity index (χ1v) is 9.89. The molecule has 0 radical (unpaired) electrons. The minimum Gasteiger partial charge on any atom is -0.382 e. The molecule has 3 rings (SSSR count). The molecule has 0 aliphatic carbocycles. The molecule has 0 bridgehead atoms. The predicted octanol–water partition coefficient (Wildman–Crippen LogP) is 1.71. The highest BCUT2D eigenvalue weighted by Crippen LogP contribution is 2.18. The topological polar surface area (TPSA) is 153 Å². The van der Waals surface area contributed by atoms with Crippen molar-refractivity contribution < 1.29 is 9.59 Å². The van der Waals surface area contributed by atoms with E-state index in [1.54, 1.807) is 25.3 Å². The summed E-state index contributed by atoms with van der Waals surface area (Å²) in [6.45, 7) is 3.91. The van der Waals surface area contributed by atoms with E-state index in [1.807, 2.05) is 31.0 Å². The van der Waals surface area contributed by atoms with Gasteiger partial charge in [0.1, 0.15) is 5.78 Å². The highest BCUT2D eigenvalue weighted by molar-refractivity contribution is 5.94. The van der Waals surface area contributed by atoms with E-state index in [9.17, 15) is 9.59 Å². The highest BCUT2D eigenvalue weighted by atomic mass is 16.1. The normalized spacial score (nSPS) is 11.8. The summed E-state index contributed by atoms with van der Waals surface area (Å²) in [5, 5.41) is 2.91. The first-order chi connectivity index (χ1) is 14.7. The van der Waals surface area contributed by atoms with Crippen molar-refractivity contribution in [3.63, 3.8) is 0 Å². The molecule has 0 fully saturated rings. The van der Waals surface area contributed by atoms with E-state index in [0.717, 1.165) is 5.69 Å². The first-order valence-electron chi connectivity index (χ1n) is 9.89. The van der Waals surface area contributed by atoms with E-state index in [-0.39, 0.29) is 29.5 Å². The quantitative estimate of drug-likeness (QED) is 0.492. The van der Waals surface area contributed by atoms with Gasteiger partial charge in [0.25, 0.3) is 5.91 Å². The standard InChI is InChI=1S/C21H26N8O2/c1-12(4-5-13(2)30)25-20(31)14-6-8-16(9-7-14)29(3)11-15-10-24-19-17(26-15)18(22)27-21(23)28-19/h6-10,12H,4-5,11H2,1-3H3,(H,25,31)(H4,22,23,24,27,28)/t12-/m1/s1. The average molecular weight is 422 g/mol. The minimum atomic E-state index is -0.166. The zero-order valence-corrected chi connectivity index (χ0v) is 17.8. The summed E-state index contributed by atoms with van der Waals surface area (Å²) < 4.78 is 0. The SMILES string of the molecule is CC(=O)CC[C@@H](C)NC(=O)c1ccc(N(C)Cc2cnc3nc(N)nc(N)c3n2)cc1. The van der Waals surface area contributed by atoms with E-state index in [0.29, 0.717) is 41.8 Å². The number of nitrogens with two attached hydrogens (primary N) is 2. The molecule has 1 amide bonds. The van der Waals surface area contributed by atoms with Crippen LogP contribution in [-0.4, -0.2) is 44.7 Å². The number of Topliss-reactive ketones (excluding diaryl/α,β-unsaturated/α-hetero) is 1. The Labute approximate surface area is 180 Å². The molecule has 0 unspecified atom stereocenters. The lowest BCUT2D eigenvalue weighted by atomic mass is 10.1. The van der Waals surface area contributed by atoms with Crippen LogP contribution in [0.15, 0.2) is 30.5 Å². The van der Waals surface area contributed by atoms with Crippen molar-refractivity contribution in [2.24, 2.45) is 0 Å². The third kappa shape index (κ3) is 5.62. The largest absolute Gasteiger partial charge is 0.382 e. The van der Waals surface area contributed by atoms with Gasteiger partial charge in [-0.2, -0.15) is 9.97 Å². The summed E-state index contributed by atoms with van der Waals surface area (Å²) in [4.78, 5) is 42.2. The fraction of sp³-hybridized carbons (Fsp3) is 0.333. The molecule has 0 aliphatic rings. The van der Waals surface area contributed by atoms with Crippen molar-refractivity contribution in [1.82, 2.24) is 25.3 Å². The van der Waals surface area contributed by atoms with E-state index < -0.39 is 0 Å². The van der Waals surface area contributed by atoms with Gasteiger partial charge in [0.05, 0.1) is 18.4 Å². The fourth-order valence-corrected chi connectivity index (χ4v) is 3.06. The van der Waals surface area contributed by atoms with Crippen LogP contribution in [-0.2, 0) is 11.3 Å². The lowest BCUT2D eigenvalue weighted by molar-refractivity contribution is -0.117. The number of rotatable bonds is 8. The molecule has 0 saturated heterocycles. The van der Waals surface area contributed by atoms with Gasteiger partial charge in [-0.15, -0.1) is 0 Å². The van der Waals surface area contributed by atoms with Gasteiger partial charge in [0.15, 0.2) is 17.0 Å². The van der Waals surface area contributed by atoms with E-state index in [2.05, 4.69) is 25.3 Å². The molecule has 3 aromatic rings. The minimum absolute atomic E-state index is 0.0570. The van der Waals surface area contributed by atoms with Crippen LogP contribution in [0.4, 0.5) is 17.5 Å². The maximum absolute atomic E-state index is 12.4. The van der Waals surface area contributed by atoms with Gasteiger partial charge in [0.2, 0.25) is 5.95 Å². The van der Waals surface area contributed by atoms with Gasteiger partial charge in [-0.05, 0) is 44.5 Å². The highest BCUT2D eigenvalue weighted by Gasteiger charge is 2.12. The maximum atomic E-state index is 12.4. The summed E-state index contributed by atoms with van der Waals surface area (Å²) in [5.74, 6) is 0.193. The number of carbonyl (C=O) groups is 2. The molecule has 162 valence electrons. The third-order valence-corrected chi connectivity index (χ3v) is 4.78. The molecule has 5 N–H and O–H groups in total. The Balaban J connectivity index is 1.65. The van der Waals surface area contributed by atoms with Crippen molar-refractivity contribution in [1.29, 1.82) is 0 Å². The van der Waals surface area contributed by atoms with Gasteiger partial charge in [0, 0.05) is 30.8 Å². The molecule has 2 aromatic heterocycles. The van der Waals surface area contributed by atoms with Crippen molar-refractivity contribution in [2.75, 3.05) is 23.4 Å². The number of amides is 1. The Kier molecular flexibility index (Phi) is 6.58.